The lowest BCUT2D eigenvalue weighted by molar-refractivity contribution is -0.131. The Balaban J connectivity index is 2.72. The number of hydrogen-bond donors (Lipinski definition) is 0. The maximum Gasteiger partial charge on any atom is 0.321 e. The summed E-state index contributed by atoms with van der Waals surface area (Å²) in [5, 5.41) is 0.231. The van der Waals surface area contributed by atoms with E-state index in [1.54, 1.807) is 0 Å². The van der Waals surface area contributed by atoms with Gasteiger partial charge in [-0.15, -0.1) is 0 Å². The first-order chi connectivity index (χ1) is 7.27. The van der Waals surface area contributed by atoms with Crippen LogP contribution in [0.4, 0.5) is 0 Å². The molecular formula is C12H15BrO2. The normalized spacial score (nSPS) is 10.0. The molecule has 3 heteroatoms. The van der Waals surface area contributed by atoms with E-state index in [0.717, 1.165) is 24.8 Å². The average Bonchev–Trinajstić information content (AvgIpc) is 2.28. The molecule has 0 unspecified atom stereocenters. The molecule has 82 valence electrons. The first kappa shape index (κ1) is 12.2. The maximum atomic E-state index is 11.1. The van der Waals surface area contributed by atoms with Crippen LogP contribution in [0.2, 0.25) is 0 Å². The Hall–Kier alpha value is -0.830. The lowest BCUT2D eigenvalue weighted by Gasteiger charge is -2.08. The van der Waals surface area contributed by atoms with Gasteiger partial charge in [-0.1, -0.05) is 47.5 Å². The quantitative estimate of drug-likeness (QED) is 0.466. The first-order valence-electron chi connectivity index (χ1n) is 5.12. The van der Waals surface area contributed by atoms with Crippen LogP contribution in [0, 0.1) is 0 Å². The second kappa shape index (κ2) is 6.62. The Morgan fingerprint density at radius 2 is 2.13 bits per heavy atom. The summed E-state index contributed by atoms with van der Waals surface area (Å²) in [7, 11) is 0. The zero-order valence-electron chi connectivity index (χ0n) is 8.83. The minimum Gasteiger partial charge on any atom is -0.426 e. The number of unbranched alkanes of at least 4 members (excludes halogenated alkanes) is 1. The van der Waals surface area contributed by atoms with E-state index < -0.39 is 0 Å². The van der Waals surface area contributed by atoms with Crippen molar-refractivity contribution < 1.29 is 9.53 Å². The van der Waals surface area contributed by atoms with Gasteiger partial charge in [0.25, 0.3) is 0 Å². The summed E-state index contributed by atoms with van der Waals surface area (Å²) in [5.74, 6) is 0.439. The summed E-state index contributed by atoms with van der Waals surface area (Å²) in [6.07, 6.45) is 3.21. The zero-order chi connectivity index (χ0) is 11.1. The lowest BCUT2D eigenvalue weighted by Crippen LogP contribution is -2.10. The number of ether oxygens (including phenoxy) is 1. The predicted molar refractivity (Wildman–Crippen MR) is 64.5 cm³/mol. The molecule has 0 saturated heterocycles. The van der Waals surface area contributed by atoms with Crippen molar-refractivity contribution in [2.75, 3.05) is 5.33 Å². The molecule has 1 aromatic rings. The summed E-state index contributed by atoms with van der Waals surface area (Å²) in [6, 6.07) is 7.70. The molecule has 0 spiro atoms. The van der Waals surface area contributed by atoms with Crippen molar-refractivity contribution in [3.63, 3.8) is 0 Å². The zero-order valence-corrected chi connectivity index (χ0v) is 10.4. The highest BCUT2D eigenvalue weighted by atomic mass is 79.9. The smallest absolute Gasteiger partial charge is 0.321 e. The minimum absolute atomic E-state index is 0.231. The number of halogens is 1. The molecule has 0 atom stereocenters. The van der Waals surface area contributed by atoms with E-state index in [9.17, 15) is 4.79 Å². The van der Waals surface area contributed by atoms with Gasteiger partial charge in [-0.05, 0) is 24.5 Å². The van der Waals surface area contributed by atoms with E-state index in [1.165, 1.54) is 0 Å². The Morgan fingerprint density at radius 3 is 2.80 bits per heavy atom. The Bertz CT molecular complexity index is 323. The SMILES string of the molecule is CCCCc1ccccc1OC(=O)CBr. The van der Waals surface area contributed by atoms with Crippen LogP contribution in [0.25, 0.3) is 0 Å². The van der Waals surface area contributed by atoms with Crippen LogP contribution in [0.1, 0.15) is 25.3 Å². The molecule has 1 rings (SSSR count). The van der Waals surface area contributed by atoms with Gasteiger partial charge in [0.05, 0.1) is 0 Å². The third-order valence-electron chi connectivity index (χ3n) is 2.11. The summed E-state index contributed by atoms with van der Waals surface area (Å²) < 4.78 is 5.21. The summed E-state index contributed by atoms with van der Waals surface area (Å²) in [6.45, 7) is 2.15. The fourth-order valence-corrected chi connectivity index (χ4v) is 1.44. The van der Waals surface area contributed by atoms with E-state index in [-0.39, 0.29) is 11.3 Å². The van der Waals surface area contributed by atoms with Crippen LogP contribution >= 0.6 is 15.9 Å². The van der Waals surface area contributed by atoms with Crippen molar-refractivity contribution >= 4 is 21.9 Å². The Kier molecular flexibility index (Phi) is 5.40. The number of carbonyl (C=O) groups is 1. The van der Waals surface area contributed by atoms with Gasteiger partial charge < -0.3 is 4.74 Å². The molecule has 15 heavy (non-hydrogen) atoms. The molecule has 0 radical (unpaired) electrons. The second-order valence-corrected chi connectivity index (χ2v) is 3.88. The van der Waals surface area contributed by atoms with Gasteiger partial charge in [0, 0.05) is 0 Å². The number of hydrogen-bond acceptors (Lipinski definition) is 2. The molecule has 0 aliphatic carbocycles. The van der Waals surface area contributed by atoms with E-state index in [4.69, 9.17) is 4.74 Å². The Labute approximate surface area is 98.8 Å². The first-order valence-corrected chi connectivity index (χ1v) is 6.24. The van der Waals surface area contributed by atoms with Crippen LogP contribution in [0.3, 0.4) is 0 Å². The van der Waals surface area contributed by atoms with Crippen LogP contribution in [0.15, 0.2) is 24.3 Å². The molecule has 0 bridgehead atoms. The van der Waals surface area contributed by atoms with Crippen molar-refractivity contribution in [3.05, 3.63) is 29.8 Å². The van der Waals surface area contributed by atoms with E-state index >= 15 is 0 Å². The molecule has 0 amide bonds. The van der Waals surface area contributed by atoms with Crippen LogP contribution in [-0.4, -0.2) is 11.3 Å². The number of rotatable bonds is 5. The highest BCUT2D eigenvalue weighted by molar-refractivity contribution is 9.09. The van der Waals surface area contributed by atoms with Gasteiger partial charge in [0.2, 0.25) is 0 Å². The van der Waals surface area contributed by atoms with Gasteiger partial charge in [-0.3, -0.25) is 4.79 Å². The van der Waals surface area contributed by atoms with Crippen LogP contribution in [0.5, 0.6) is 5.75 Å². The fraction of sp³-hybridized carbons (Fsp3) is 0.417. The third kappa shape index (κ3) is 4.04. The number of carbonyl (C=O) groups excluding carboxylic acids is 1. The number of benzene rings is 1. The van der Waals surface area contributed by atoms with Gasteiger partial charge in [-0.2, -0.15) is 0 Å². The molecule has 0 saturated carbocycles. The van der Waals surface area contributed by atoms with Crippen LogP contribution in [-0.2, 0) is 11.2 Å². The van der Waals surface area contributed by atoms with E-state index in [2.05, 4.69) is 22.9 Å². The second-order valence-electron chi connectivity index (χ2n) is 3.32. The minimum atomic E-state index is -0.251. The molecule has 0 heterocycles. The molecule has 1 aromatic carbocycles. The number of esters is 1. The third-order valence-corrected chi connectivity index (χ3v) is 2.56. The predicted octanol–water partition coefficient (Wildman–Crippen LogP) is 3.33. The largest absolute Gasteiger partial charge is 0.426 e. The molecule has 0 N–H and O–H groups in total. The number of para-hydroxylation sites is 1. The molecule has 0 aliphatic heterocycles. The van der Waals surface area contributed by atoms with Crippen molar-refractivity contribution in [2.45, 2.75) is 26.2 Å². The fourth-order valence-electron chi connectivity index (χ4n) is 1.33. The van der Waals surface area contributed by atoms with E-state index in [0.29, 0.717) is 5.75 Å². The molecule has 2 nitrogen and oxygen atoms in total. The number of alkyl halides is 1. The van der Waals surface area contributed by atoms with Crippen LogP contribution < -0.4 is 4.74 Å². The summed E-state index contributed by atoms with van der Waals surface area (Å²) in [5.41, 5.74) is 1.11. The highest BCUT2D eigenvalue weighted by Crippen LogP contribution is 2.20. The van der Waals surface area contributed by atoms with Crippen molar-refractivity contribution in [2.24, 2.45) is 0 Å². The number of aryl methyl sites for hydroxylation is 1. The topological polar surface area (TPSA) is 26.3 Å². The van der Waals surface area contributed by atoms with Gasteiger partial charge in [0.15, 0.2) is 0 Å². The van der Waals surface area contributed by atoms with Crippen molar-refractivity contribution in [1.82, 2.24) is 0 Å². The average molecular weight is 271 g/mol. The van der Waals surface area contributed by atoms with Gasteiger partial charge in [-0.25, -0.2) is 0 Å². The van der Waals surface area contributed by atoms with E-state index in [1.807, 2.05) is 24.3 Å². The summed E-state index contributed by atoms with van der Waals surface area (Å²) in [4.78, 5) is 11.1. The van der Waals surface area contributed by atoms with Crippen molar-refractivity contribution in [1.29, 1.82) is 0 Å². The van der Waals surface area contributed by atoms with Gasteiger partial charge in [0.1, 0.15) is 11.1 Å². The van der Waals surface area contributed by atoms with Gasteiger partial charge >= 0.3 is 5.97 Å². The maximum absolute atomic E-state index is 11.1. The monoisotopic (exact) mass is 270 g/mol. The highest BCUT2D eigenvalue weighted by Gasteiger charge is 2.06. The summed E-state index contributed by atoms with van der Waals surface area (Å²) >= 11 is 3.07. The molecular weight excluding hydrogens is 256 g/mol. The molecule has 0 fully saturated rings. The Morgan fingerprint density at radius 1 is 1.40 bits per heavy atom. The lowest BCUT2D eigenvalue weighted by atomic mass is 10.1. The molecule has 0 aromatic heterocycles. The van der Waals surface area contributed by atoms with Crippen molar-refractivity contribution in [3.8, 4) is 5.75 Å². The molecule has 0 aliphatic rings. The standard InChI is InChI=1S/C12H15BrO2/c1-2-3-6-10-7-4-5-8-11(10)15-12(14)9-13/h4-5,7-8H,2-3,6,9H2,1H3.